The van der Waals surface area contributed by atoms with Crippen molar-refractivity contribution in [3.05, 3.63) is 23.9 Å². The molecule has 2 heterocycles. The molecule has 1 atom stereocenters. The number of amides is 2. The van der Waals surface area contributed by atoms with Crippen molar-refractivity contribution in [2.24, 2.45) is 5.92 Å². The van der Waals surface area contributed by atoms with E-state index in [0.717, 1.165) is 24.5 Å². The monoisotopic (exact) mass is 334 g/mol. The van der Waals surface area contributed by atoms with Crippen molar-refractivity contribution >= 4 is 11.8 Å². The van der Waals surface area contributed by atoms with Crippen LogP contribution < -0.4 is 15.5 Å². The molecule has 6 heteroatoms. The molecule has 2 rings (SSSR count). The van der Waals surface area contributed by atoms with Gasteiger partial charge in [0.05, 0.1) is 5.60 Å². The van der Waals surface area contributed by atoms with Crippen molar-refractivity contribution in [1.82, 2.24) is 15.6 Å². The van der Waals surface area contributed by atoms with Crippen LogP contribution in [-0.2, 0) is 6.54 Å². The third-order valence-corrected chi connectivity index (χ3v) is 4.79. The maximum absolute atomic E-state index is 11.9. The highest BCUT2D eigenvalue weighted by Gasteiger charge is 2.25. The van der Waals surface area contributed by atoms with Crippen molar-refractivity contribution < 1.29 is 9.90 Å². The molecule has 1 saturated heterocycles. The second-order valence-electron chi connectivity index (χ2n) is 7.12. The van der Waals surface area contributed by atoms with Crippen LogP contribution in [0, 0.1) is 5.92 Å². The van der Waals surface area contributed by atoms with Gasteiger partial charge in [-0.25, -0.2) is 9.78 Å². The lowest BCUT2D eigenvalue weighted by Gasteiger charge is -2.28. The van der Waals surface area contributed by atoms with Gasteiger partial charge in [-0.1, -0.05) is 13.8 Å². The molecular weight excluding hydrogens is 304 g/mol. The summed E-state index contributed by atoms with van der Waals surface area (Å²) in [6.45, 7) is 8.36. The van der Waals surface area contributed by atoms with E-state index in [0.29, 0.717) is 6.54 Å². The summed E-state index contributed by atoms with van der Waals surface area (Å²) in [6, 6.07) is 3.68. The Labute approximate surface area is 144 Å². The largest absolute Gasteiger partial charge is 0.388 e. The Hall–Kier alpha value is -1.82. The fraction of sp³-hybridized carbons (Fsp3) is 0.667. The third kappa shape index (κ3) is 5.37. The van der Waals surface area contributed by atoms with Gasteiger partial charge in [0.2, 0.25) is 0 Å². The number of nitrogens with one attached hydrogen (secondary N) is 2. The average molecular weight is 334 g/mol. The van der Waals surface area contributed by atoms with E-state index < -0.39 is 5.60 Å². The Morgan fingerprint density at radius 1 is 1.33 bits per heavy atom. The maximum atomic E-state index is 11.9. The minimum absolute atomic E-state index is 0.0742. The van der Waals surface area contributed by atoms with Gasteiger partial charge in [0.15, 0.2) is 0 Å². The second kappa shape index (κ2) is 8.33. The van der Waals surface area contributed by atoms with Crippen LogP contribution in [0.15, 0.2) is 18.3 Å². The highest BCUT2D eigenvalue weighted by Crippen LogP contribution is 2.18. The normalized spacial score (nSPS) is 17.5. The van der Waals surface area contributed by atoms with Crippen molar-refractivity contribution in [3.63, 3.8) is 0 Å². The van der Waals surface area contributed by atoms with E-state index in [-0.39, 0.29) is 18.5 Å². The van der Waals surface area contributed by atoms with Crippen LogP contribution >= 0.6 is 0 Å². The van der Waals surface area contributed by atoms with Crippen LogP contribution in [0.1, 0.15) is 45.6 Å². The molecule has 24 heavy (non-hydrogen) atoms. The van der Waals surface area contributed by atoms with E-state index >= 15 is 0 Å². The number of rotatable bonds is 6. The van der Waals surface area contributed by atoms with E-state index in [4.69, 9.17) is 0 Å². The molecule has 1 fully saturated rings. The van der Waals surface area contributed by atoms with Crippen LogP contribution in [0.5, 0.6) is 0 Å². The molecular formula is C18H30N4O2. The van der Waals surface area contributed by atoms with Crippen LogP contribution in [0.2, 0.25) is 0 Å². The molecule has 0 bridgehead atoms. The Kier molecular flexibility index (Phi) is 6.43. The van der Waals surface area contributed by atoms with Gasteiger partial charge >= 0.3 is 6.03 Å². The van der Waals surface area contributed by atoms with Gasteiger partial charge in [0, 0.05) is 32.4 Å². The molecule has 6 nitrogen and oxygen atoms in total. The zero-order valence-electron chi connectivity index (χ0n) is 15.0. The summed E-state index contributed by atoms with van der Waals surface area (Å²) in [5.41, 5.74) is 0.117. The number of anilines is 1. The first-order valence-electron chi connectivity index (χ1n) is 8.82. The predicted molar refractivity (Wildman–Crippen MR) is 96.0 cm³/mol. The number of carbonyl (C=O) groups is 1. The summed E-state index contributed by atoms with van der Waals surface area (Å²) in [5, 5.41) is 15.7. The number of aliphatic hydroxyl groups is 1. The standard InChI is InChI=1S/C18H30N4O2/c1-14(2)18(3,24)13-21-17(23)20-12-15-7-8-19-16(11-15)22-9-5-4-6-10-22/h7-8,11,14,24H,4-6,9-10,12-13H2,1-3H3,(H2,20,21,23). The Morgan fingerprint density at radius 3 is 2.71 bits per heavy atom. The number of aromatic nitrogens is 1. The van der Waals surface area contributed by atoms with E-state index in [1.54, 1.807) is 13.1 Å². The van der Waals surface area contributed by atoms with Gasteiger partial charge < -0.3 is 20.6 Å². The first kappa shape index (κ1) is 18.5. The first-order valence-corrected chi connectivity index (χ1v) is 8.82. The highest BCUT2D eigenvalue weighted by atomic mass is 16.3. The molecule has 1 aliphatic rings. The average Bonchev–Trinajstić information content (AvgIpc) is 2.59. The molecule has 1 aromatic rings. The van der Waals surface area contributed by atoms with E-state index in [9.17, 15) is 9.90 Å². The number of pyridine rings is 1. The quantitative estimate of drug-likeness (QED) is 0.746. The lowest BCUT2D eigenvalue weighted by molar-refractivity contribution is 0.0166. The molecule has 1 aliphatic heterocycles. The molecule has 3 N–H and O–H groups in total. The molecule has 134 valence electrons. The van der Waals surface area contributed by atoms with Gasteiger partial charge in [0.25, 0.3) is 0 Å². The zero-order valence-corrected chi connectivity index (χ0v) is 15.0. The molecule has 0 aromatic carbocycles. The molecule has 1 unspecified atom stereocenters. The summed E-state index contributed by atoms with van der Waals surface area (Å²) < 4.78 is 0. The highest BCUT2D eigenvalue weighted by molar-refractivity contribution is 5.73. The summed E-state index contributed by atoms with van der Waals surface area (Å²) in [4.78, 5) is 18.7. The number of carbonyl (C=O) groups excluding carboxylic acids is 1. The summed E-state index contributed by atoms with van der Waals surface area (Å²) in [5.74, 6) is 1.06. The number of urea groups is 1. The van der Waals surface area contributed by atoms with E-state index in [2.05, 4.69) is 20.5 Å². The fourth-order valence-corrected chi connectivity index (χ4v) is 2.57. The van der Waals surface area contributed by atoms with Crippen LogP contribution in [0.3, 0.4) is 0 Å². The van der Waals surface area contributed by atoms with Gasteiger partial charge in [-0.2, -0.15) is 0 Å². The first-order chi connectivity index (χ1) is 11.4. The Balaban J connectivity index is 1.82. The molecule has 2 amide bonds. The summed E-state index contributed by atoms with van der Waals surface area (Å²) in [6.07, 6.45) is 5.51. The van der Waals surface area contributed by atoms with Crippen LogP contribution in [0.25, 0.3) is 0 Å². The smallest absolute Gasteiger partial charge is 0.315 e. The lowest BCUT2D eigenvalue weighted by atomic mass is 9.93. The molecule has 0 radical (unpaired) electrons. The minimum atomic E-state index is -0.907. The zero-order chi connectivity index (χ0) is 17.6. The number of hydrogen-bond acceptors (Lipinski definition) is 4. The van der Waals surface area contributed by atoms with Crippen molar-refractivity contribution in [3.8, 4) is 0 Å². The fourth-order valence-electron chi connectivity index (χ4n) is 2.57. The lowest BCUT2D eigenvalue weighted by Crippen LogP contribution is -2.47. The van der Waals surface area contributed by atoms with Crippen molar-refractivity contribution in [1.29, 1.82) is 0 Å². The molecule has 0 saturated carbocycles. The van der Waals surface area contributed by atoms with Gasteiger partial charge in [0.1, 0.15) is 5.82 Å². The third-order valence-electron chi connectivity index (χ3n) is 4.79. The second-order valence-corrected chi connectivity index (χ2v) is 7.12. The van der Waals surface area contributed by atoms with Gasteiger partial charge in [-0.3, -0.25) is 0 Å². The number of nitrogens with zero attached hydrogens (tertiary/aromatic N) is 2. The van der Waals surface area contributed by atoms with Gasteiger partial charge in [-0.05, 0) is 49.8 Å². The van der Waals surface area contributed by atoms with Gasteiger partial charge in [-0.15, -0.1) is 0 Å². The topological polar surface area (TPSA) is 77.5 Å². The van der Waals surface area contributed by atoms with E-state index in [1.807, 2.05) is 26.0 Å². The maximum Gasteiger partial charge on any atom is 0.315 e. The Bertz CT molecular complexity index is 540. The van der Waals surface area contributed by atoms with E-state index in [1.165, 1.54) is 19.3 Å². The molecule has 0 spiro atoms. The minimum Gasteiger partial charge on any atom is -0.388 e. The Morgan fingerprint density at radius 2 is 2.04 bits per heavy atom. The SMILES string of the molecule is CC(C)C(C)(O)CNC(=O)NCc1ccnc(N2CCCCC2)c1. The molecule has 0 aliphatic carbocycles. The van der Waals surface area contributed by atoms with Crippen molar-refractivity contribution in [2.45, 2.75) is 52.2 Å². The number of hydrogen-bond donors (Lipinski definition) is 3. The van der Waals surface area contributed by atoms with Crippen LogP contribution in [0.4, 0.5) is 10.6 Å². The van der Waals surface area contributed by atoms with Crippen LogP contribution in [-0.4, -0.2) is 41.4 Å². The summed E-state index contributed by atoms with van der Waals surface area (Å²) >= 11 is 0. The molecule has 1 aromatic heterocycles. The summed E-state index contributed by atoms with van der Waals surface area (Å²) in [7, 11) is 0. The number of piperidine rings is 1. The predicted octanol–water partition coefficient (Wildman–Crippen LogP) is 2.28. The van der Waals surface area contributed by atoms with Crippen molar-refractivity contribution in [2.75, 3.05) is 24.5 Å².